The van der Waals surface area contributed by atoms with E-state index < -0.39 is 6.04 Å². The molecule has 168 valence electrons. The van der Waals surface area contributed by atoms with Gasteiger partial charge >= 0.3 is 0 Å². The van der Waals surface area contributed by atoms with E-state index in [2.05, 4.69) is 18.3 Å². The lowest BCUT2D eigenvalue weighted by Crippen LogP contribution is -2.47. The molecule has 0 aliphatic rings. The van der Waals surface area contributed by atoms with Crippen LogP contribution >= 0.6 is 0 Å². The largest absolute Gasteiger partial charge is 0.494 e. The van der Waals surface area contributed by atoms with Gasteiger partial charge in [-0.2, -0.15) is 0 Å². The summed E-state index contributed by atoms with van der Waals surface area (Å²) in [4.78, 5) is 27.4. The molecule has 0 aliphatic carbocycles. The summed E-state index contributed by atoms with van der Waals surface area (Å²) in [5.41, 5.74) is 3.34. The van der Waals surface area contributed by atoms with E-state index in [0.29, 0.717) is 32.5 Å². The molecule has 2 rings (SSSR count). The van der Waals surface area contributed by atoms with Gasteiger partial charge in [0.15, 0.2) is 0 Å². The van der Waals surface area contributed by atoms with Gasteiger partial charge in [0.25, 0.3) is 0 Å². The van der Waals surface area contributed by atoms with E-state index in [0.717, 1.165) is 29.7 Å². The van der Waals surface area contributed by atoms with Gasteiger partial charge in [0.05, 0.1) is 6.61 Å². The third-order valence-electron chi connectivity index (χ3n) is 5.26. The van der Waals surface area contributed by atoms with E-state index in [9.17, 15) is 9.59 Å². The van der Waals surface area contributed by atoms with Crippen LogP contribution in [0.4, 0.5) is 0 Å². The van der Waals surface area contributed by atoms with Crippen LogP contribution in [0.2, 0.25) is 0 Å². The quantitative estimate of drug-likeness (QED) is 0.498. The SMILES string of the molecule is CCCCNC(=O)[C@H](C)N(Cc1cccc(C)c1)C(=O)CCCOc1ccc(C)cc1. The molecule has 0 saturated heterocycles. The maximum absolute atomic E-state index is 13.1. The molecule has 0 radical (unpaired) electrons. The van der Waals surface area contributed by atoms with Crippen molar-refractivity contribution in [3.05, 3.63) is 65.2 Å². The van der Waals surface area contributed by atoms with E-state index in [-0.39, 0.29) is 11.8 Å². The molecule has 0 saturated carbocycles. The number of nitrogens with one attached hydrogen (secondary N) is 1. The van der Waals surface area contributed by atoms with Crippen molar-refractivity contribution in [2.45, 2.75) is 66.0 Å². The number of hydrogen-bond donors (Lipinski definition) is 1. The van der Waals surface area contributed by atoms with Crippen molar-refractivity contribution < 1.29 is 14.3 Å². The van der Waals surface area contributed by atoms with Crippen LogP contribution in [0.1, 0.15) is 56.2 Å². The predicted octanol–water partition coefficient (Wildman–Crippen LogP) is 4.80. The Balaban J connectivity index is 1.97. The first kappa shape index (κ1) is 24.4. The Morgan fingerprint density at radius 1 is 1.03 bits per heavy atom. The second-order valence-electron chi connectivity index (χ2n) is 8.10. The molecule has 31 heavy (non-hydrogen) atoms. The maximum atomic E-state index is 13.1. The fourth-order valence-electron chi connectivity index (χ4n) is 3.32. The van der Waals surface area contributed by atoms with E-state index in [1.165, 1.54) is 5.56 Å². The molecular weight excluding hydrogens is 388 g/mol. The van der Waals surface area contributed by atoms with E-state index in [1.54, 1.807) is 11.8 Å². The average Bonchev–Trinajstić information content (AvgIpc) is 2.76. The number of hydrogen-bond acceptors (Lipinski definition) is 3. The molecule has 5 nitrogen and oxygen atoms in total. The minimum Gasteiger partial charge on any atom is -0.494 e. The minimum atomic E-state index is -0.525. The van der Waals surface area contributed by atoms with Crippen LogP contribution < -0.4 is 10.1 Å². The second kappa shape index (κ2) is 12.8. The van der Waals surface area contributed by atoms with Crippen molar-refractivity contribution in [2.24, 2.45) is 0 Å². The smallest absolute Gasteiger partial charge is 0.242 e. The number of rotatable bonds is 12. The normalized spacial score (nSPS) is 11.6. The van der Waals surface area contributed by atoms with Crippen molar-refractivity contribution >= 4 is 11.8 Å². The maximum Gasteiger partial charge on any atom is 0.242 e. The topological polar surface area (TPSA) is 58.6 Å². The number of nitrogens with zero attached hydrogens (tertiary/aromatic N) is 1. The lowest BCUT2D eigenvalue weighted by atomic mass is 10.1. The van der Waals surface area contributed by atoms with Crippen molar-refractivity contribution in [1.29, 1.82) is 0 Å². The molecule has 2 aromatic rings. The van der Waals surface area contributed by atoms with Crippen LogP contribution in [0.25, 0.3) is 0 Å². The van der Waals surface area contributed by atoms with Gasteiger partial charge in [0, 0.05) is 19.5 Å². The molecule has 0 heterocycles. The zero-order valence-electron chi connectivity index (χ0n) is 19.3. The first-order chi connectivity index (χ1) is 14.9. The van der Waals surface area contributed by atoms with Crippen LogP contribution in [0, 0.1) is 13.8 Å². The summed E-state index contributed by atoms with van der Waals surface area (Å²) in [5.74, 6) is 0.663. The summed E-state index contributed by atoms with van der Waals surface area (Å²) < 4.78 is 5.75. The summed E-state index contributed by atoms with van der Waals surface area (Å²) in [6.07, 6.45) is 2.88. The van der Waals surface area contributed by atoms with Gasteiger partial charge in [-0.15, -0.1) is 0 Å². The molecule has 1 atom stereocenters. The van der Waals surface area contributed by atoms with E-state index in [1.807, 2.05) is 56.3 Å². The predicted molar refractivity (Wildman–Crippen MR) is 125 cm³/mol. The van der Waals surface area contributed by atoms with Crippen molar-refractivity contribution in [2.75, 3.05) is 13.2 Å². The Morgan fingerprint density at radius 3 is 2.45 bits per heavy atom. The molecular formula is C26H36N2O3. The van der Waals surface area contributed by atoms with Crippen molar-refractivity contribution in [1.82, 2.24) is 10.2 Å². The van der Waals surface area contributed by atoms with Gasteiger partial charge < -0.3 is 15.0 Å². The highest BCUT2D eigenvalue weighted by atomic mass is 16.5. The summed E-state index contributed by atoms with van der Waals surface area (Å²) in [6, 6.07) is 15.4. The van der Waals surface area contributed by atoms with Crippen LogP contribution in [0.3, 0.4) is 0 Å². The zero-order chi connectivity index (χ0) is 22.6. The third-order valence-corrected chi connectivity index (χ3v) is 5.26. The molecule has 5 heteroatoms. The third kappa shape index (κ3) is 8.44. The summed E-state index contributed by atoms with van der Waals surface area (Å²) in [6.45, 7) is 9.46. The fraction of sp³-hybridized carbons (Fsp3) is 0.462. The van der Waals surface area contributed by atoms with Gasteiger partial charge in [-0.05, 0) is 51.3 Å². The van der Waals surface area contributed by atoms with Gasteiger partial charge in [-0.3, -0.25) is 9.59 Å². The Morgan fingerprint density at radius 2 is 1.77 bits per heavy atom. The van der Waals surface area contributed by atoms with Gasteiger partial charge in [0.2, 0.25) is 11.8 Å². The first-order valence-corrected chi connectivity index (χ1v) is 11.2. The number of benzene rings is 2. The Kier molecular flexibility index (Phi) is 10.1. The number of aryl methyl sites for hydroxylation is 2. The average molecular weight is 425 g/mol. The second-order valence-corrected chi connectivity index (χ2v) is 8.10. The van der Waals surface area contributed by atoms with E-state index in [4.69, 9.17) is 4.74 Å². The molecule has 0 spiro atoms. The summed E-state index contributed by atoms with van der Waals surface area (Å²) in [5, 5.41) is 2.95. The lowest BCUT2D eigenvalue weighted by Gasteiger charge is -2.29. The lowest BCUT2D eigenvalue weighted by molar-refractivity contribution is -0.140. The number of carbonyl (C=O) groups excluding carboxylic acids is 2. The van der Waals surface area contributed by atoms with Crippen molar-refractivity contribution in [3.8, 4) is 5.75 Å². The molecule has 2 amide bonds. The molecule has 0 fully saturated rings. The zero-order valence-corrected chi connectivity index (χ0v) is 19.3. The van der Waals surface area contributed by atoms with Crippen molar-refractivity contribution in [3.63, 3.8) is 0 Å². The Hall–Kier alpha value is -2.82. The number of unbranched alkanes of at least 4 members (excludes halogenated alkanes) is 1. The molecule has 0 aliphatic heterocycles. The highest BCUT2D eigenvalue weighted by Gasteiger charge is 2.25. The highest BCUT2D eigenvalue weighted by molar-refractivity contribution is 5.87. The molecule has 0 aromatic heterocycles. The Labute approximate surface area is 186 Å². The molecule has 2 aromatic carbocycles. The van der Waals surface area contributed by atoms with Gasteiger partial charge in [-0.1, -0.05) is 60.9 Å². The van der Waals surface area contributed by atoms with Crippen LogP contribution in [-0.4, -0.2) is 35.9 Å². The summed E-state index contributed by atoms with van der Waals surface area (Å²) >= 11 is 0. The van der Waals surface area contributed by atoms with Gasteiger partial charge in [-0.25, -0.2) is 0 Å². The molecule has 0 unspecified atom stereocenters. The monoisotopic (exact) mass is 424 g/mol. The number of amides is 2. The fourth-order valence-corrected chi connectivity index (χ4v) is 3.32. The molecule has 1 N–H and O–H groups in total. The highest BCUT2D eigenvalue weighted by Crippen LogP contribution is 2.15. The molecule has 0 bridgehead atoms. The first-order valence-electron chi connectivity index (χ1n) is 11.2. The number of ether oxygens (including phenoxy) is 1. The standard InChI is InChI=1S/C26H36N2O3/c1-5-6-16-27-26(30)22(4)28(19-23-10-7-9-21(3)18-23)25(29)11-8-17-31-24-14-12-20(2)13-15-24/h7,9-10,12-15,18,22H,5-6,8,11,16-17,19H2,1-4H3,(H,27,30)/t22-/m0/s1. The van der Waals surface area contributed by atoms with Crippen LogP contribution in [0.15, 0.2) is 48.5 Å². The van der Waals surface area contributed by atoms with Gasteiger partial charge in [0.1, 0.15) is 11.8 Å². The Bertz CT molecular complexity index is 833. The summed E-state index contributed by atoms with van der Waals surface area (Å²) in [7, 11) is 0. The number of carbonyl (C=O) groups is 2. The van der Waals surface area contributed by atoms with Crippen LogP contribution in [-0.2, 0) is 16.1 Å². The van der Waals surface area contributed by atoms with E-state index >= 15 is 0 Å². The minimum absolute atomic E-state index is 0.0350. The van der Waals surface area contributed by atoms with Crippen LogP contribution in [0.5, 0.6) is 5.75 Å².